The second-order valence-corrected chi connectivity index (χ2v) is 2.88. The van der Waals surface area contributed by atoms with Crippen molar-refractivity contribution >= 4 is 17.0 Å². The average Bonchev–Trinajstić information content (AvgIpc) is 2.26. The fraction of sp³-hybridized carbons (Fsp3) is 0. The number of nitriles is 1. The van der Waals surface area contributed by atoms with Crippen LogP contribution in [0.1, 0.15) is 5.56 Å². The first-order valence-corrected chi connectivity index (χ1v) is 4.32. The molecule has 0 radical (unpaired) electrons. The predicted molar refractivity (Wildman–Crippen MR) is 56.4 cm³/mol. The summed E-state index contributed by atoms with van der Waals surface area (Å²) in [5.74, 6) is 0. The highest BCUT2D eigenvalue weighted by atomic mass is 14.6. The summed E-state index contributed by atoms with van der Waals surface area (Å²) in [6.07, 6.45) is 5.03. The Labute approximate surface area is 82.1 Å². The monoisotopic (exact) mass is 180 g/mol. The molecule has 0 aliphatic heterocycles. The number of benzene rings is 1. The van der Waals surface area contributed by atoms with Crippen LogP contribution < -0.4 is 0 Å². The first-order valence-electron chi connectivity index (χ1n) is 4.32. The summed E-state index contributed by atoms with van der Waals surface area (Å²) in [6, 6.07) is 11.7. The van der Waals surface area contributed by atoms with Crippen LogP contribution in [-0.2, 0) is 0 Å². The highest BCUT2D eigenvalue weighted by Gasteiger charge is 1.96. The van der Waals surface area contributed by atoms with Gasteiger partial charge < -0.3 is 0 Å². The van der Waals surface area contributed by atoms with E-state index in [9.17, 15) is 0 Å². The second-order valence-electron chi connectivity index (χ2n) is 2.88. The fourth-order valence-electron chi connectivity index (χ4n) is 1.40. The Morgan fingerprint density at radius 1 is 1.21 bits per heavy atom. The van der Waals surface area contributed by atoms with Gasteiger partial charge in [-0.25, -0.2) is 0 Å². The highest BCUT2D eigenvalue weighted by Crippen LogP contribution is 2.17. The van der Waals surface area contributed by atoms with Crippen molar-refractivity contribution in [2.45, 2.75) is 0 Å². The zero-order valence-electron chi connectivity index (χ0n) is 7.51. The van der Waals surface area contributed by atoms with Gasteiger partial charge in [-0.05, 0) is 23.8 Å². The summed E-state index contributed by atoms with van der Waals surface area (Å²) in [4.78, 5) is 4.23. The number of hydrogen-bond donors (Lipinski definition) is 0. The van der Waals surface area contributed by atoms with Crippen LogP contribution in [0.15, 0.2) is 42.6 Å². The number of aromatic nitrogens is 1. The number of allylic oxidation sites excluding steroid dienone is 1. The second kappa shape index (κ2) is 3.71. The third kappa shape index (κ3) is 1.48. The molecule has 2 nitrogen and oxygen atoms in total. The third-order valence-electron chi connectivity index (χ3n) is 2.02. The van der Waals surface area contributed by atoms with E-state index in [0.29, 0.717) is 0 Å². The van der Waals surface area contributed by atoms with Gasteiger partial charge in [0.25, 0.3) is 0 Å². The average molecular weight is 180 g/mol. The maximum Gasteiger partial charge on any atom is 0.0912 e. The first-order chi connectivity index (χ1) is 6.92. The highest BCUT2D eigenvalue weighted by molar-refractivity contribution is 5.87. The Hall–Kier alpha value is -2.14. The Kier molecular flexibility index (Phi) is 2.24. The van der Waals surface area contributed by atoms with Gasteiger partial charge in [-0.3, -0.25) is 4.98 Å². The standard InChI is InChI=1S/C12H8N2/c13-8-2-5-10-4-1-7-12-11(10)6-3-9-14-12/h1-7,9H. The lowest BCUT2D eigenvalue weighted by molar-refractivity contribution is 1.41. The van der Waals surface area contributed by atoms with Crippen molar-refractivity contribution < 1.29 is 0 Å². The van der Waals surface area contributed by atoms with E-state index in [1.165, 1.54) is 6.08 Å². The van der Waals surface area contributed by atoms with Crippen molar-refractivity contribution in [1.29, 1.82) is 5.26 Å². The largest absolute Gasteiger partial charge is 0.256 e. The summed E-state index contributed by atoms with van der Waals surface area (Å²) >= 11 is 0. The van der Waals surface area contributed by atoms with E-state index in [0.717, 1.165) is 16.5 Å². The molecular formula is C12H8N2. The zero-order chi connectivity index (χ0) is 9.80. The molecule has 0 bridgehead atoms. The van der Waals surface area contributed by atoms with Gasteiger partial charge in [0, 0.05) is 17.7 Å². The van der Waals surface area contributed by atoms with Crippen LogP contribution >= 0.6 is 0 Å². The van der Waals surface area contributed by atoms with Crippen LogP contribution in [0.5, 0.6) is 0 Å². The van der Waals surface area contributed by atoms with Gasteiger partial charge >= 0.3 is 0 Å². The Morgan fingerprint density at radius 2 is 2.14 bits per heavy atom. The first kappa shape index (κ1) is 8.46. The molecule has 2 heteroatoms. The lowest BCUT2D eigenvalue weighted by Gasteiger charge is -1.99. The molecular weight excluding hydrogens is 172 g/mol. The van der Waals surface area contributed by atoms with Gasteiger partial charge in [0.05, 0.1) is 11.6 Å². The van der Waals surface area contributed by atoms with Crippen molar-refractivity contribution in [2.24, 2.45) is 0 Å². The van der Waals surface area contributed by atoms with Crippen LogP contribution in [0.25, 0.3) is 17.0 Å². The molecule has 0 fully saturated rings. The summed E-state index contributed by atoms with van der Waals surface area (Å²) in [5, 5.41) is 9.52. The van der Waals surface area contributed by atoms with Gasteiger partial charge in [0.2, 0.25) is 0 Å². The SMILES string of the molecule is N#CC=Cc1cccc2ncccc12. The van der Waals surface area contributed by atoms with Crippen LogP contribution in [0, 0.1) is 11.3 Å². The van der Waals surface area contributed by atoms with Gasteiger partial charge in [-0.1, -0.05) is 18.2 Å². The predicted octanol–water partition coefficient (Wildman–Crippen LogP) is 2.77. The molecule has 14 heavy (non-hydrogen) atoms. The van der Waals surface area contributed by atoms with E-state index in [4.69, 9.17) is 5.26 Å². The number of hydrogen-bond acceptors (Lipinski definition) is 2. The van der Waals surface area contributed by atoms with Crippen molar-refractivity contribution in [2.75, 3.05) is 0 Å². The Balaban J connectivity index is 2.66. The molecule has 1 aromatic carbocycles. The summed E-state index contributed by atoms with van der Waals surface area (Å²) in [6.45, 7) is 0. The molecule has 0 atom stereocenters. The molecule has 0 amide bonds. The minimum absolute atomic E-state index is 0.951. The molecule has 0 unspecified atom stereocenters. The van der Waals surface area contributed by atoms with Gasteiger partial charge in [0.1, 0.15) is 0 Å². The van der Waals surface area contributed by atoms with Crippen LogP contribution in [0.3, 0.4) is 0 Å². The van der Waals surface area contributed by atoms with Crippen molar-refractivity contribution in [3.8, 4) is 6.07 Å². The molecule has 2 aromatic rings. The topological polar surface area (TPSA) is 36.7 Å². The van der Waals surface area contributed by atoms with E-state index in [1.807, 2.05) is 36.4 Å². The van der Waals surface area contributed by atoms with E-state index >= 15 is 0 Å². The summed E-state index contributed by atoms with van der Waals surface area (Å²) in [7, 11) is 0. The maximum atomic E-state index is 8.45. The van der Waals surface area contributed by atoms with Crippen molar-refractivity contribution in [1.82, 2.24) is 4.98 Å². The van der Waals surface area contributed by atoms with Crippen LogP contribution in [0.4, 0.5) is 0 Å². The number of pyridine rings is 1. The zero-order valence-corrected chi connectivity index (χ0v) is 7.51. The van der Waals surface area contributed by atoms with E-state index in [-0.39, 0.29) is 0 Å². The quantitative estimate of drug-likeness (QED) is 0.633. The molecule has 0 saturated carbocycles. The van der Waals surface area contributed by atoms with Gasteiger partial charge in [-0.2, -0.15) is 5.26 Å². The number of fused-ring (bicyclic) bond motifs is 1. The summed E-state index contributed by atoms with van der Waals surface area (Å²) < 4.78 is 0. The molecule has 0 N–H and O–H groups in total. The third-order valence-corrected chi connectivity index (χ3v) is 2.02. The lowest BCUT2D eigenvalue weighted by atomic mass is 10.1. The van der Waals surface area contributed by atoms with Crippen molar-refractivity contribution in [3.05, 3.63) is 48.2 Å². The maximum absolute atomic E-state index is 8.45. The fourth-order valence-corrected chi connectivity index (χ4v) is 1.40. The molecule has 66 valence electrons. The van der Waals surface area contributed by atoms with Crippen molar-refractivity contribution in [3.63, 3.8) is 0 Å². The smallest absolute Gasteiger partial charge is 0.0912 e. The number of nitrogens with zero attached hydrogens (tertiary/aromatic N) is 2. The lowest BCUT2D eigenvalue weighted by Crippen LogP contribution is -1.80. The van der Waals surface area contributed by atoms with Crippen LogP contribution in [0.2, 0.25) is 0 Å². The molecule has 1 heterocycles. The minimum Gasteiger partial charge on any atom is -0.256 e. The van der Waals surface area contributed by atoms with E-state index in [1.54, 1.807) is 12.3 Å². The van der Waals surface area contributed by atoms with E-state index < -0.39 is 0 Å². The van der Waals surface area contributed by atoms with E-state index in [2.05, 4.69) is 4.98 Å². The molecule has 0 aliphatic carbocycles. The molecule has 2 rings (SSSR count). The molecule has 0 spiro atoms. The minimum atomic E-state index is 0.951. The molecule has 1 aromatic heterocycles. The molecule has 0 saturated heterocycles. The normalized spacial score (nSPS) is 10.5. The van der Waals surface area contributed by atoms with Gasteiger partial charge in [-0.15, -0.1) is 0 Å². The summed E-state index contributed by atoms with van der Waals surface area (Å²) in [5.41, 5.74) is 1.98. The van der Waals surface area contributed by atoms with Gasteiger partial charge in [0.15, 0.2) is 0 Å². The number of rotatable bonds is 1. The Bertz CT molecular complexity index is 516. The Morgan fingerprint density at radius 3 is 3.00 bits per heavy atom. The molecule has 0 aliphatic rings. The van der Waals surface area contributed by atoms with Crippen LogP contribution in [-0.4, -0.2) is 4.98 Å².